The highest BCUT2D eigenvalue weighted by atomic mass is 35.5. The molecule has 17 heavy (non-hydrogen) atoms. The van der Waals surface area contributed by atoms with Crippen LogP contribution in [0.4, 0.5) is 4.39 Å². The highest BCUT2D eigenvalue weighted by Gasteiger charge is 2.53. The lowest BCUT2D eigenvalue weighted by atomic mass is 9.77. The van der Waals surface area contributed by atoms with E-state index in [-0.39, 0.29) is 11.2 Å². The van der Waals surface area contributed by atoms with E-state index in [2.05, 4.69) is 0 Å². The molecular formula is C14H17ClFN. The van der Waals surface area contributed by atoms with Crippen molar-refractivity contribution in [2.75, 3.05) is 6.54 Å². The summed E-state index contributed by atoms with van der Waals surface area (Å²) in [5.74, 6) is 1.57. The molecule has 0 spiro atoms. The van der Waals surface area contributed by atoms with E-state index in [1.807, 2.05) is 0 Å². The number of nitrogens with two attached hydrogens (primary N) is 1. The zero-order valence-corrected chi connectivity index (χ0v) is 10.5. The molecule has 2 aliphatic carbocycles. The Hall–Kier alpha value is -0.600. The van der Waals surface area contributed by atoms with E-state index in [0.717, 1.165) is 23.8 Å². The zero-order valence-electron chi connectivity index (χ0n) is 9.76. The van der Waals surface area contributed by atoms with Crippen LogP contribution in [0.2, 0.25) is 5.02 Å². The number of halogens is 2. The van der Waals surface area contributed by atoms with Crippen molar-refractivity contribution >= 4 is 11.6 Å². The van der Waals surface area contributed by atoms with E-state index in [0.29, 0.717) is 11.6 Å². The molecule has 92 valence electrons. The molecule has 2 fully saturated rings. The van der Waals surface area contributed by atoms with E-state index in [1.54, 1.807) is 12.1 Å². The SMILES string of the molecule is NCC1(Cc2cc(Cl)ccc2F)CC2CC2C1. The summed E-state index contributed by atoms with van der Waals surface area (Å²) in [5.41, 5.74) is 6.78. The van der Waals surface area contributed by atoms with Crippen LogP contribution in [0, 0.1) is 23.1 Å². The summed E-state index contributed by atoms with van der Waals surface area (Å²) >= 11 is 5.93. The number of hydrogen-bond donors (Lipinski definition) is 1. The Morgan fingerprint density at radius 2 is 2.06 bits per heavy atom. The fourth-order valence-electron chi connectivity index (χ4n) is 3.47. The van der Waals surface area contributed by atoms with Gasteiger partial charge in [0.1, 0.15) is 5.82 Å². The van der Waals surface area contributed by atoms with Crippen LogP contribution in [0.3, 0.4) is 0 Å². The molecule has 0 heterocycles. The Bertz CT molecular complexity index is 436. The first-order valence-corrected chi connectivity index (χ1v) is 6.64. The zero-order chi connectivity index (χ0) is 12.0. The van der Waals surface area contributed by atoms with Crippen LogP contribution < -0.4 is 5.73 Å². The van der Waals surface area contributed by atoms with Crippen LogP contribution in [-0.2, 0) is 6.42 Å². The van der Waals surface area contributed by atoms with Crippen LogP contribution in [0.15, 0.2) is 18.2 Å². The average molecular weight is 254 g/mol. The molecule has 0 aromatic heterocycles. The maximum absolute atomic E-state index is 13.7. The Morgan fingerprint density at radius 1 is 1.35 bits per heavy atom. The lowest BCUT2D eigenvalue weighted by Gasteiger charge is -2.29. The van der Waals surface area contributed by atoms with Gasteiger partial charge >= 0.3 is 0 Å². The van der Waals surface area contributed by atoms with Crippen LogP contribution >= 0.6 is 11.6 Å². The third kappa shape index (κ3) is 2.09. The van der Waals surface area contributed by atoms with E-state index in [9.17, 15) is 4.39 Å². The van der Waals surface area contributed by atoms with E-state index in [1.165, 1.54) is 25.3 Å². The summed E-state index contributed by atoms with van der Waals surface area (Å²) in [4.78, 5) is 0. The molecule has 2 saturated carbocycles. The van der Waals surface area contributed by atoms with Crippen molar-refractivity contribution in [3.05, 3.63) is 34.6 Å². The van der Waals surface area contributed by atoms with Crippen molar-refractivity contribution in [2.24, 2.45) is 23.0 Å². The van der Waals surface area contributed by atoms with E-state index in [4.69, 9.17) is 17.3 Å². The van der Waals surface area contributed by atoms with Gasteiger partial charge in [0.2, 0.25) is 0 Å². The minimum absolute atomic E-state index is 0.124. The average Bonchev–Trinajstić information content (AvgIpc) is 2.92. The topological polar surface area (TPSA) is 26.0 Å². The van der Waals surface area contributed by atoms with Gasteiger partial charge < -0.3 is 5.73 Å². The van der Waals surface area contributed by atoms with Crippen molar-refractivity contribution < 1.29 is 4.39 Å². The van der Waals surface area contributed by atoms with Gasteiger partial charge in [0.25, 0.3) is 0 Å². The van der Waals surface area contributed by atoms with Crippen molar-refractivity contribution in [2.45, 2.75) is 25.7 Å². The maximum atomic E-state index is 13.7. The lowest BCUT2D eigenvalue weighted by molar-refractivity contribution is 0.269. The van der Waals surface area contributed by atoms with Gasteiger partial charge in [0.05, 0.1) is 0 Å². The summed E-state index contributed by atoms with van der Waals surface area (Å²) in [5, 5.41) is 0.608. The van der Waals surface area contributed by atoms with Crippen molar-refractivity contribution in [3.63, 3.8) is 0 Å². The van der Waals surface area contributed by atoms with Crippen LogP contribution in [0.25, 0.3) is 0 Å². The fraction of sp³-hybridized carbons (Fsp3) is 0.571. The molecule has 1 aromatic rings. The van der Waals surface area contributed by atoms with E-state index >= 15 is 0 Å². The number of fused-ring (bicyclic) bond motifs is 1. The maximum Gasteiger partial charge on any atom is 0.126 e. The van der Waals surface area contributed by atoms with Gasteiger partial charge in [0.15, 0.2) is 0 Å². The molecule has 3 heteroatoms. The highest BCUT2D eigenvalue weighted by Crippen LogP contribution is 2.60. The molecule has 0 saturated heterocycles. The molecule has 0 aliphatic heterocycles. The Morgan fingerprint density at radius 3 is 2.71 bits per heavy atom. The van der Waals surface area contributed by atoms with Crippen LogP contribution in [0.5, 0.6) is 0 Å². The molecular weight excluding hydrogens is 237 g/mol. The molecule has 1 nitrogen and oxygen atoms in total. The predicted octanol–water partition coefficient (Wildman–Crippen LogP) is 3.40. The summed E-state index contributed by atoms with van der Waals surface area (Å²) in [6, 6.07) is 4.80. The van der Waals surface area contributed by atoms with Crippen molar-refractivity contribution in [1.82, 2.24) is 0 Å². The lowest BCUT2D eigenvalue weighted by Crippen LogP contribution is -2.31. The minimum Gasteiger partial charge on any atom is -0.330 e. The van der Waals surface area contributed by atoms with Crippen LogP contribution in [0.1, 0.15) is 24.8 Å². The van der Waals surface area contributed by atoms with Gasteiger partial charge in [0, 0.05) is 5.02 Å². The molecule has 2 N–H and O–H groups in total. The number of rotatable bonds is 3. The third-order valence-electron chi connectivity index (χ3n) is 4.47. The van der Waals surface area contributed by atoms with Gasteiger partial charge in [-0.15, -0.1) is 0 Å². The molecule has 2 unspecified atom stereocenters. The standard InChI is InChI=1S/C14H17ClFN/c15-12-1-2-13(16)11(4-12)7-14(8-17)5-9-3-10(9)6-14/h1-2,4,9-10H,3,5-8,17H2. The Kier molecular flexibility index (Phi) is 2.68. The summed E-state index contributed by atoms with van der Waals surface area (Å²) in [7, 11) is 0. The van der Waals surface area contributed by atoms with Gasteiger partial charge in [-0.25, -0.2) is 4.39 Å². The first kappa shape index (κ1) is 11.5. The normalized spacial score (nSPS) is 34.8. The minimum atomic E-state index is -0.150. The summed E-state index contributed by atoms with van der Waals surface area (Å²) < 4.78 is 13.7. The van der Waals surface area contributed by atoms with Gasteiger partial charge in [-0.3, -0.25) is 0 Å². The predicted molar refractivity (Wildman–Crippen MR) is 67.4 cm³/mol. The molecule has 0 amide bonds. The molecule has 1 aromatic carbocycles. The smallest absolute Gasteiger partial charge is 0.126 e. The van der Waals surface area contributed by atoms with Crippen LogP contribution in [-0.4, -0.2) is 6.54 Å². The molecule has 2 aliphatic rings. The second-order valence-electron chi connectivity index (χ2n) is 5.78. The second kappa shape index (κ2) is 3.96. The van der Waals surface area contributed by atoms with Crippen molar-refractivity contribution in [3.8, 4) is 0 Å². The van der Waals surface area contributed by atoms with Gasteiger partial charge in [-0.2, -0.15) is 0 Å². The molecule has 0 bridgehead atoms. The quantitative estimate of drug-likeness (QED) is 0.878. The molecule has 3 rings (SSSR count). The molecule has 0 radical (unpaired) electrons. The van der Waals surface area contributed by atoms with Gasteiger partial charge in [-0.1, -0.05) is 11.6 Å². The summed E-state index contributed by atoms with van der Waals surface area (Å²) in [6.45, 7) is 0.659. The summed E-state index contributed by atoms with van der Waals surface area (Å²) in [6.07, 6.45) is 4.43. The third-order valence-corrected chi connectivity index (χ3v) is 4.70. The van der Waals surface area contributed by atoms with Gasteiger partial charge in [-0.05, 0) is 73.2 Å². The number of benzene rings is 1. The van der Waals surface area contributed by atoms with Crippen molar-refractivity contribution in [1.29, 1.82) is 0 Å². The first-order valence-electron chi connectivity index (χ1n) is 6.26. The highest BCUT2D eigenvalue weighted by molar-refractivity contribution is 6.30. The fourth-order valence-corrected chi connectivity index (χ4v) is 3.67. The Labute approximate surface area is 106 Å². The second-order valence-corrected chi connectivity index (χ2v) is 6.22. The monoisotopic (exact) mass is 253 g/mol. The number of hydrogen-bond acceptors (Lipinski definition) is 1. The first-order chi connectivity index (χ1) is 8.12. The molecule has 2 atom stereocenters. The largest absolute Gasteiger partial charge is 0.330 e. The van der Waals surface area contributed by atoms with E-state index < -0.39 is 0 Å². The Balaban J connectivity index is 1.83.